The Morgan fingerprint density at radius 1 is 1.33 bits per heavy atom. The minimum atomic E-state index is 0.789. The lowest BCUT2D eigenvalue weighted by Gasteiger charge is -2.08. The molecule has 18 heavy (non-hydrogen) atoms. The normalized spacial score (nSPS) is 10.4. The van der Waals surface area contributed by atoms with E-state index in [0.717, 1.165) is 33.2 Å². The molecule has 0 radical (unpaired) electrons. The van der Waals surface area contributed by atoms with Gasteiger partial charge >= 0.3 is 0 Å². The molecule has 3 nitrogen and oxygen atoms in total. The van der Waals surface area contributed by atoms with Gasteiger partial charge in [-0.2, -0.15) is 0 Å². The van der Waals surface area contributed by atoms with Crippen molar-refractivity contribution in [1.82, 2.24) is 4.98 Å². The third-order valence-electron chi connectivity index (χ3n) is 2.56. The lowest BCUT2D eigenvalue weighted by Crippen LogP contribution is -1.99. The zero-order valence-corrected chi connectivity index (χ0v) is 13.0. The Kier molecular flexibility index (Phi) is 4.24. The number of methoxy groups -OCH3 is 1. The van der Waals surface area contributed by atoms with Crippen molar-refractivity contribution in [3.05, 3.63) is 38.3 Å². The van der Waals surface area contributed by atoms with E-state index < -0.39 is 0 Å². The van der Waals surface area contributed by atoms with Crippen LogP contribution in [0.3, 0.4) is 0 Å². The summed E-state index contributed by atoms with van der Waals surface area (Å²) in [5.74, 6) is 0.837. The first-order valence-electron chi connectivity index (χ1n) is 5.60. The third-order valence-corrected chi connectivity index (χ3v) is 4.09. The molecule has 0 saturated heterocycles. The predicted molar refractivity (Wildman–Crippen MR) is 79.6 cm³/mol. The number of anilines is 1. The zero-order valence-electron chi connectivity index (χ0n) is 10.6. The predicted octanol–water partition coefficient (Wildman–Crippen LogP) is 4.14. The monoisotopic (exact) mass is 326 g/mol. The van der Waals surface area contributed by atoms with E-state index in [-0.39, 0.29) is 0 Å². The summed E-state index contributed by atoms with van der Waals surface area (Å²) in [5.41, 5.74) is 2.14. The van der Waals surface area contributed by atoms with Gasteiger partial charge in [0.05, 0.1) is 24.4 Å². The molecule has 1 N–H and O–H groups in total. The summed E-state index contributed by atoms with van der Waals surface area (Å²) in [5, 5.41) is 4.50. The van der Waals surface area contributed by atoms with Crippen LogP contribution in [0.1, 0.15) is 15.6 Å². The number of aromatic nitrogens is 1. The highest BCUT2D eigenvalue weighted by Gasteiger charge is 2.05. The standard InChI is InChI=1S/C13H15BrN2OS/c1-8-13(18-9(2)16-8)7-15-11-4-10(14)5-12(6-11)17-3/h4-6,15H,7H2,1-3H3. The quantitative estimate of drug-likeness (QED) is 0.916. The fraction of sp³-hybridized carbons (Fsp3) is 0.308. The van der Waals surface area contributed by atoms with Gasteiger partial charge in [-0.1, -0.05) is 15.9 Å². The summed E-state index contributed by atoms with van der Waals surface area (Å²) in [7, 11) is 1.67. The van der Waals surface area contributed by atoms with Crippen molar-refractivity contribution >= 4 is 33.0 Å². The van der Waals surface area contributed by atoms with Crippen molar-refractivity contribution in [3.63, 3.8) is 0 Å². The van der Waals surface area contributed by atoms with Gasteiger partial charge in [-0.15, -0.1) is 11.3 Å². The lowest BCUT2D eigenvalue weighted by molar-refractivity contribution is 0.414. The Morgan fingerprint density at radius 2 is 2.11 bits per heavy atom. The first-order valence-corrected chi connectivity index (χ1v) is 7.21. The van der Waals surface area contributed by atoms with Crippen LogP contribution in [0, 0.1) is 13.8 Å². The third kappa shape index (κ3) is 3.23. The number of aryl methyl sites for hydroxylation is 2. The molecule has 2 rings (SSSR count). The van der Waals surface area contributed by atoms with Crippen molar-refractivity contribution in [1.29, 1.82) is 0 Å². The van der Waals surface area contributed by atoms with E-state index in [1.165, 1.54) is 4.88 Å². The number of hydrogen-bond donors (Lipinski definition) is 1. The highest BCUT2D eigenvalue weighted by atomic mass is 79.9. The Labute approximate surface area is 119 Å². The molecule has 1 aromatic carbocycles. The van der Waals surface area contributed by atoms with E-state index >= 15 is 0 Å². The molecule has 1 heterocycles. The van der Waals surface area contributed by atoms with E-state index in [4.69, 9.17) is 4.74 Å². The van der Waals surface area contributed by atoms with Gasteiger partial charge in [0.15, 0.2) is 0 Å². The maximum atomic E-state index is 5.24. The SMILES string of the molecule is COc1cc(Br)cc(NCc2sc(C)nc2C)c1. The summed E-state index contributed by atoms with van der Waals surface area (Å²) in [6.45, 7) is 4.86. The maximum Gasteiger partial charge on any atom is 0.122 e. The van der Waals surface area contributed by atoms with Crippen LogP contribution in [0.5, 0.6) is 5.75 Å². The van der Waals surface area contributed by atoms with Crippen molar-refractivity contribution in [2.75, 3.05) is 12.4 Å². The number of nitrogens with one attached hydrogen (secondary N) is 1. The zero-order chi connectivity index (χ0) is 13.1. The number of thiazole rings is 1. The maximum absolute atomic E-state index is 5.24. The highest BCUT2D eigenvalue weighted by molar-refractivity contribution is 9.10. The second-order valence-corrected chi connectivity index (χ2v) is 6.18. The number of benzene rings is 1. The van der Waals surface area contributed by atoms with E-state index in [1.807, 2.05) is 32.0 Å². The summed E-state index contributed by atoms with van der Waals surface area (Å²) >= 11 is 5.20. The van der Waals surface area contributed by atoms with Crippen molar-refractivity contribution < 1.29 is 4.74 Å². The van der Waals surface area contributed by atoms with Gasteiger partial charge in [0.1, 0.15) is 5.75 Å². The van der Waals surface area contributed by atoms with Crippen molar-refractivity contribution in [2.24, 2.45) is 0 Å². The average Bonchev–Trinajstić information content (AvgIpc) is 2.64. The number of halogens is 1. The van der Waals surface area contributed by atoms with E-state index in [9.17, 15) is 0 Å². The van der Waals surface area contributed by atoms with Crippen LogP contribution in [0.25, 0.3) is 0 Å². The van der Waals surface area contributed by atoms with E-state index in [0.29, 0.717) is 0 Å². The topological polar surface area (TPSA) is 34.1 Å². The van der Waals surface area contributed by atoms with Crippen molar-refractivity contribution in [3.8, 4) is 5.75 Å². The van der Waals surface area contributed by atoms with Gasteiger partial charge in [0.25, 0.3) is 0 Å². The van der Waals surface area contributed by atoms with Gasteiger partial charge in [-0.3, -0.25) is 0 Å². The van der Waals surface area contributed by atoms with Gasteiger partial charge in [0.2, 0.25) is 0 Å². The molecule has 0 aliphatic rings. The molecule has 0 bridgehead atoms. The van der Waals surface area contributed by atoms with Crippen LogP contribution in [-0.2, 0) is 6.54 Å². The molecule has 5 heteroatoms. The Balaban J connectivity index is 2.10. The van der Waals surface area contributed by atoms with Crippen LogP contribution < -0.4 is 10.1 Å². The Hall–Kier alpha value is -1.07. The largest absolute Gasteiger partial charge is 0.497 e. The molecular formula is C13H15BrN2OS. The van der Waals surface area contributed by atoms with Gasteiger partial charge in [-0.25, -0.2) is 4.98 Å². The molecule has 2 aromatic rings. The molecule has 0 amide bonds. The fourth-order valence-electron chi connectivity index (χ4n) is 1.70. The minimum Gasteiger partial charge on any atom is -0.497 e. The van der Waals surface area contributed by atoms with Crippen LogP contribution in [-0.4, -0.2) is 12.1 Å². The summed E-state index contributed by atoms with van der Waals surface area (Å²) in [4.78, 5) is 5.69. The molecule has 1 aromatic heterocycles. The molecule has 96 valence electrons. The molecule has 0 unspecified atom stereocenters. The van der Waals surface area contributed by atoms with E-state index in [1.54, 1.807) is 18.4 Å². The van der Waals surface area contributed by atoms with Gasteiger partial charge in [-0.05, 0) is 26.0 Å². The molecular weight excluding hydrogens is 312 g/mol. The Bertz CT molecular complexity index is 554. The molecule has 0 saturated carbocycles. The first kappa shape index (κ1) is 13.4. The number of rotatable bonds is 4. The van der Waals surface area contributed by atoms with Crippen LogP contribution in [0.15, 0.2) is 22.7 Å². The highest BCUT2D eigenvalue weighted by Crippen LogP contribution is 2.25. The summed E-state index contributed by atoms with van der Waals surface area (Å²) < 4.78 is 6.24. The molecule has 0 spiro atoms. The minimum absolute atomic E-state index is 0.789. The summed E-state index contributed by atoms with van der Waals surface area (Å²) in [6.07, 6.45) is 0. The van der Waals surface area contributed by atoms with Crippen LogP contribution in [0.4, 0.5) is 5.69 Å². The second-order valence-electron chi connectivity index (χ2n) is 3.97. The number of nitrogens with zero attached hydrogens (tertiary/aromatic N) is 1. The van der Waals surface area contributed by atoms with Crippen LogP contribution >= 0.6 is 27.3 Å². The molecule has 0 aliphatic heterocycles. The van der Waals surface area contributed by atoms with Crippen molar-refractivity contribution in [2.45, 2.75) is 20.4 Å². The second kappa shape index (κ2) is 5.71. The molecule has 0 aliphatic carbocycles. The van der Waals surface area contributed by atoms with E-state index in [2.05, 4.69) is 26.2 Å². The fourth-order valence-corrected chi connectivity index (χ4v) is 3.05. The summed E-state index contributed by atoms with van der Waals surface area (Å²) in [6, 6.07) is 5.95. The first-order chi connectivity index (χ1) is 8.58. The lowest BCUT2D eigenvalue weighted by atomic mass is 10.3. The Morgan fingerprint density at radius 3 is 2.72 bits per heavy atom. The van der Waals surface area contributed by atoms with Gasteiger partial charge in [0, 0.05) is 21.1 Å². The smallest absolute Gasteiger partial charge is 0.122 e. The number of hydrogen-bond acceptors (Lipinski definition) is 4. The van der Waals surface area contributed by atoms with Gasteiger partial charge < -0.3 is 10.1 Å². The number of ether oxygens (including phenoxy) is 1. The van der Waals surface area contributed by atoms with Crippen LogP contribution in [0.2, 0.25) is 0 Å². The average molecular weight is 327 g/mol. The molecule has 0 fully saturated rings. The molecule has 0 atom stereocenters.